The molecule has 3 rings (SSSR count). The van der Waals surface area contributed by atoms with Crippen LogP contribution in [0.5, 0.6) is 0 Å². The second-order valence-electron chi connectivity index (χ2n) is 5.09. The topological polar surface area (TPSA) is 66.5 Å². The Labute approximate surface area is 114 Å². The summed E-state index contributed by atoms with van der Waals surface area (Å²) < 4.78 is 13.2. The lowest BCUT2D eigenvalue weighted by Crippen LogP contribution is -2.45. The van der Waals surface area contributed by atoms with E-state index in [-0.39, 0.29) is 23.9 Å². The number of hydrogen-bond acceptors (Lipinski definition) is 3. The molecule has 5 nitrogen and oxygen atoms in total. The average molecular weight is 276 g/mol. The van der Waals surface area contributed by atoms with E-state index in [2.05, 4.69) is 5.32 Å². The van der Waals surface area contributed by atoms with E-state index in [0.717, 1.165) is 18.9 Å². The monoisotopic (exact) mass is 276 g/mol. The molecule has 20 heavy (non-hydrogen) atoms. The minimum Gasteiger partial charge on any atom is -0.323 e. The van der Waals surface area contributed by atoms with E-state index >= 15 is 0 Å². The second-order valence-corrected chi connectivity index (χ2v) is 5.09. The molecule has 0 bridgehead atoms. The molecule has 2 fully saturated rings. The van der Waals surface area contributed by atoms with Gasteiger partial charge in [-0.15, -0.1) is 0 Å². The van der Waals surface area contributed by atoms with Gasteiger partial charge in [-0.2, -0.15) is 0 Å². The number of nitrogens with zero attached hydrogens (tertiary/aromatic N) is 1. The van der Waals surface area contributed by atoms with Crippen LogP contribution in [0.3, 0.4) is 0 Å². The molecule has 1 heterocycles. The van der Waals surface area contributed by atoms with E-state index in [1.165, 1.54) is 23.1 Å². The summed E-state index contributed by atoms with van der Waals surface area (Å²) in [4.78, 5) is 37.0. The molecule has 2 aliphatic rings. The van der Waals surface area contributed by atoms with E-state index in [1.807, 2.05) is 0 Å². The predicted octanol–water partition coefficient (Wildman–Crippen LogP) is 0.845. The van der Waals surface area contributed by atoms with Crippen LogP contribution in [0.4, 0.5) is 4.39 Å². The zero-order valence-electron chi connectivity index (χ0n) is 10.6. The lowest BCUT2D eigenvalue weighted by molar-refractivity contribution is -0.126. The third kappa shape index (κ3) is 2.29. The van der Waals surface area contributed by atoms with E-state index in [0.29, 0.717) is 0 Å². The first-order valence-corrected chi connectivity index (χ1v) is 6.48. The number of rotatable bonds is 3. The maximum absolute atomic E-state index is 13.2. The van der Waals surface area contributed by atoms with Gasteiger partial charge in [0, 0.05) is 11.6 Å². The summed E-state index contributed by atoms with van der Waals surface area (Å²) in [6, 6.07) is 4.55. The van der Waals surface area contributed by atoms with Gasteiger partial charge in [-0.25, -0.2) is 4.39 Å². The van der Waals surface area contributed by atoms with Crippen molar-refractivity contribution in [1.29, 1.82) is 0 Å². The molecule has 0 radical (unpaired) electrons. The minimum absolute atomic E-state index is 0.0175. The molecule has 6 heteroatoms. The Balaban J connectivity index is 1.89. The third-order valence-corrected chi connectivity index (χ3v) is 3.53. The quantitative estimate of drug-likeness (QED) is 0.832. The Morgan fingerprint density at radius 3 is 2.60 bits per heavy atom. The number of imide groups is 1. The first-order chi connectivity index (χ1) is 9.56. The highest BCUT2D eigenvalue weighted by Gasteiger charge is 2.44. The van der Waals surface area contributed by atoms with Crippen molar-refractivity contribution in [2.45, 2.75) is 31.3 Å². The van der Waals surface area contributed by atoms with Crippen LogP contribution < -0.4 is 5.32 Å². The highest BCUT2D eigenvalue weighted by Crippen LogP contribution is 2.32. The lowest BCUT2D eigenvalue weighted by atomic mass is 10.1. The molecule has 0 unspecified atom stereocenters. The second kappa shape index (κ2) is 4.70. The van der Waals surface area contributed by atoms with Gasteiger partial charge >= 0.3 is 0 Å². The van der Waals surface area contributed by atoms with Gasteiger partial charge in [-0.3, -0.25) is 19.7 Å². The molecule has 0 aromatic heterocycles. The molecule has 1 aliphatic heterocycles. The van der Waals surface area contributed by atoms with Crippen molar-refractivity contribution in [3.05, 3.63) is 35.6 Å². The molecule has 104 valence electrons. The summed E-state index contributed by atoms with van der Waals surface area (Å²) in [5.41, 5.74) is 0.198. The van der Waals surface area contributed by atoms with Gasteiger partial charge in [0.25, 0.3) is 5.91 Å². The zero-order chi connectivity index (χ0) is 14.3. The Hall–Kier alpha value is -2.24. The first kappa shape index (κ1) is 12.8. The normalized spacial score (nSPS) is 21.8. The van der Waals surface area contributed by atoms with Crippen molar-refractivity contribution < 1.29 is 18.8 Å². The van der Waals surface area contributed by atoms with Crippen LogP contribution in [-0.4, -0.2) is 34.7 Å². The van der Waals surface area contributed by atoms with Crippen LogP contribution in [0.25, 0.3) is 0 Å². The van der Waals surface area contributed by atoms with Crippen LogP contribution >= 0.6 is 0 Å². The zero-order valence-corrected chi connectivity index (χ0v) is 10.6. The number of amides is 3. The summed E-state index contributed by atoms with van der Waals surface area (Å²) in [6.45, 7) is 0. The summed E-state index contributed by atoms with van der Waals surface area (Å²) in [6.07, 6.45) is 1.59. The summed E-state index contributed by atoms with van der Waals surface area (Å²) in [7, 11) is 0. The molecule has 1 atom stereocenters. The Bertz CT molecular complexity index is 598. The Kier molecular flexibility index (Phi) is 3.00. The number of halogens is 1. The van der Waals surface area contributed by atoms with Gasteiger partial charge in [0.15, 0.2) is 0 Å². The summed E-state index contributed by atoms with van der Waals surface area (Å²) in [5, 5.41) is 2.20. The van der Waals surface area contributed by atoms with Crippen LogP contribution in [0, 0.1) is 5.82 Å². The molecular formula is C14H13FN2O3. The molecule has 1 saturated heterocycles. The molecule has 1 aliphatic carbocycles. The van der Waals surface area contributed by atoms with Crippen LogP contribution in [0.1, 0.15) is 29.6 Å². The molecule has 1 aromatic rings. The largest absolute Gasteiger partial charge is 0.323 e. The predicted molar refractivity (Wildman–Crippen MR) is 67.1 cm³/mol. The smallest absolute Gasteiger partial charge is 0.254 e. The van der Waals surface area contributed by atoms with Gasteiger partial charge in [-0.05, 0) is 31.0 Å². The van der Waals surface area contributed by atoms with E-state index in [4.69, 9.17) is 0 Å². The molecule has 1 saturated carbocycles. The van der Waals surface area contributed by atoms with Crippen LogP contribution in [0.2, 0.25) is 0 Å². The fourth-order valence-electron chi connectivity index (χ4n) is 2.45. The van der Waals surface area contributed by atoms with Gasteiger partial charge < -0.3 is 4.90 Å². The molecule has 3 amide bonds. The van der Waals surface area contributed by atoms with Crippen molar-refractivity contribution in [1.82, 2.24) is 10.2 Å². The maximum atomic E-state index is 13.2. The fraction of sp³-hybridized carbons (Fsp3) is 0.357. The third-order valence-electron chi connectivity index (χ3n) is 3.53. The number of carbonyl (C=O) groups is 3. The summed E-state index contributed by atoms with van der Waals surface area (Å²) >= 11 is 0. The highest BCUT2D eigenvalue weighted by atomic mass is 19.1. The SMILES string of the molecule is O=C1C[C@H](N(C(=O)c2cccc(F)c2)C2CC2)C(=O)N1. The molecular weight excluding hydrogens is 263 g/mol. The molecule has 1 aromatic carbocycles. The van der Waals surface area contributed by atoms with Crippen LogP contribution in [0.15, 0.2) is 24.3 Å². The Morgan fingerprint density at radius 2 is 2.05 bits per heavy atom. The van der Waals surface area contributed by atoms with Crippen molar-refractivity contribution in [3.8, 4) is 0 Å². The standard InChI is InChI=1S/C14H13FN2O3/c15-9-3-1-2-8(6-9)14(20)17(10-4-5-10)11-7-12(18)16-13(11)19/h1-3,6,10-11H,4-5,7H2,(H,16,18,19)/t11-/m0/s1. The van der Waals surface area contributed by atoms with Gasteiger partial charge in [0.1, 0.15) is 11.9 Å². The van der Waals surface area contributed by atoms with E-state index in [9.17, 15) is 18.8 Å². The van der Waals surface area contributed by atoms with E-state index < -0.39 is 23.7 Å². The van der Waals surface area contributed by atoms with Crippen molar-refractivity contribution in [3.63, 3.8) is 0 Å². The van der Waals surface area contributed by atoms with Gasteiger partial charge in [0.2, 0.25) is 11.8 Å². The maximum Gasteiger partial charge on any atom is 0.254 e. The van der Waals surface area contributed by atoms with Gasteiger partial charge in [-0.1, -0.05) is 6.07 Å². The number of benzene rings is 1. The van der Waals surface area contributed by atoms with Crippen molar-refractivity contribution >= 4 is 17.7 Å². The van der Waals surface area contributed by atoms with Crippen molar-refractivity contribution in [2.75, 3.05) is 0 Å². The first-order valence-electron chi connectivity index (χ1n) is 6.48. The molecule has 1 N–H and O–H groups in total. The lowest BCUT2D eigenvalue weighted by Gasteiger charge is -2.26. The summed E-state index contributed by atoms with van der Waals surface area (Å²) in [5.74, 6) is -1.73. The number of carbonyl (C=O) groups excluding carboxylic acids is 3. The Morgan fingerprint density at radius 1 is 1.30 bits per heavy atom. The van der Waals surface area contributed by atoms with E-state index in [1.54, 1.807) is 0 Å². The van der Waals surface area contributed by atoms with Gasteiger partial charge in [0.05, 0.1) is 6.42 Å². The fourth-order valence-corrected chi connectivity index (χ4v) is 2.45. The highest BCUT2D eigenvalue weighted by molar-refractivity contribution is 6.08. The number of nitrogens with one attached hydrogen (secondary N) is 1. The molecule has 0 spiro atoms. The minimum atomic E-state index is -0.772. The number of hydrogen-bond donors (Lipinski definition) is 1. The average Bonchev–Trinajstić information content (AvgIpc) is 3.16. The van der Waals surface area contributed by atoms with Crippen molar-refractivity contribution in [2.24, 2.45) is 0 Å². The van der Waals surface area contributed by atoms with Crippen LogP contribution in [-0.2, 0) is 9.59 Å².